The van der Waals surface area contributed by atoms with Gasteiger partial charge in [0.1, 0.15) is 6.10 Å². The first-order valence-corrected chi connectivity index (χ1v) is 7.30. The highest BCUT2D eigenvalue weighted by Gasteiger charge is 2.24. The first kappa shape index (κ1) is 14.1. The Balaban J connectivity index is 2.12. The average molecular weight is 302 g/mol. The zero-order valence-corrected chi connectivity index (χ0v) is 12.4. The van der Waals surface area contributed by atoms with Gasteiger partial charge in [-0.3, -0.25) is 4.79 Å². The summed E-state index contributed by atoms with van der Waals surface area (Å²) in [6, 6.07) is 11.2. The number of aliphatic hydroxyl groups excluding tert-OH is 1. The highest BCUT2D eigenvalue weighted by Crippen LogP contribution is 2.37. The molecule has 1 aliphatic rings. The molecule has 4 heteroatoms. The molecule has 0 bridgehead atoms. The molecule has 3 nitrogen and oxygen atoms in total. The topological polar surface area (TPSA) is 49.3 Å². The summed E-state index contributed by atoms with van der Waals surface area (Å²) >= 11 is 6.17. The molecular weight excluding hydrogens is 286 g/mol. The molecule has 21 heavy (non-hydrogen) atoms. The van der Waals surface area contributed by atoms with Crippen molar-refractivity contribution >= 4 is 23.2 Å². The molecule has 1 heterocycles. The number of halogens is 1. The van der Waals surface area contributed by atoms with Gasteiger partial charge in [0.15, 0.2) is 0 Å². The van der Waals surface area contributed by atoms with Gasteiger partial charge in [-0.05, 0) is 42.2 Å². The molecule has 2 aromatic carbocycles. The fraction of sp³-hybridized carbons (Fsp3) is 0.235. The van der Waals surface area contributed by atoms with Crippen molar-refractivity contribution in [1.82, 2.24) is 0 Å². The first-order valence-electron chi connectivity index (χ1n) is 6.92. The van der Waals surface area contributed by atoms with Crippen LogP contribution >= 0.6 is 11.6 Å². The minimum absolute atomic E-state index is 0.0249. The van der Waals surface area contributed by atoms with Crippen LogP contribution in [0.5, 0.6) is 0 Å². The number of carbonyl (C=O) groups excluding carboxylic acids is 1. The van der Waals surface area contributed by atoms with Crippen LogP contribution in [0, 0.1) is 6.92 Å². The number of hydrogen-bond donors (Lipinski definition) is 2. The third kappa shape index (κ3) is 2.67. The summed E-state index contributed by atoms with van der Waals surface area (Å²) in [6.45, 7) is 1.95. The number of nitrogens with one attached hydrogen (secondary N) is 1. The van der Waals surface area contributed by atoms with Crippen molar-refractivity contribution in [2.45, 2.75) is 25.9 Å². The van der Waals surface area contributed by atoms with Crippen molar-refractivity contribution in [2.24, 2.45) is 0 Å². The Hall–Kier alpha value is -1.84. The predicted molar refractivity (Wildman–Crippen MR) is 83.6 cm³/mol. The van der Waals surface area contributed by atoms with E-state index >= 15 is 0 Å². The lowest BCUT2D eigenvalue weighted by atomic mass is 9.92. The lowest BCUT2D eigenvalue weighted by Crippen LogP contribution is -2.21. The van der Waals surface area contributed by atoms with Crippen molar-refractivity contribution in [3.63, 3.8) is 0 Å². The van der Waals surface area contributed by atoms with Crippen LogP contribution in [0.15, 0.2) is 36.4 Å². The Morgan fingerprint density at radius 2 is 1.95 bits per heavy atom. The molecule has 108 valence electrons. The molecule has 3 rings (SSSR count). The summed E-state index contributed by atoms with van der Waals surface area (Å²) in [5.74, 6) is -0.0249. The number of aryl methyl sites for hydroxylation is 2. The lowest BCUT2D eigenvalue weighted by molar-refractivity contribution is -0.116. The number of benzene rings is 2. The Morgan fingerprint density at radius 1 is 1.19 bits per heavy atom. The second kappa shape index (κ2) is 5.51. The molecule has 0 aromatic heterocycles. The third-order valence-corrected chi connectivity index (χ3v) is 4.10. The van der Waals surface area contributed by atoms with Crippen molar-refractivity contribution in [3.05, 3.63) is 63.7 Å². The fourth-order valence-corrected chi connectivity index (χ4v) is 3.01. The number of carbonyl (C=O) groups is 1. The maximum Gasteiger partial charge on any atom is 0.224 e. The van der Waals surface area contributed by atoms with E-state index in [0.717, 1.165) is 16.7 Å². The van der Waals surface area contributed by atoms with Crippen LogP contribution in [-0.2, 0) is 11.2 Å². The number of rotatable bonds is 2. The predicted octanol–water partition coefficient (Wildman–Crippen LogP) is 3.61. The molecule has 0 saturated heterocycles. The molecule has 1 atom stereocenters. The van der Waals surface area contributed by atoms with E-state index in [1.54, 1.807) is 6.07 Å². The highest BCUT2D eigenvalue weighted by molar-refractivity contribution is 6.31. The van der Waals surface area contributed by atoms with Crippen molar-refractivity contribution in [2.75, 3.05) is 5.32 Å². The van der Waals surface area contributed by atoms with E-state index in [1.165, 1.54) is 0 Å². The molecule has 2 aromatic rings. The number of amides is 1. The van der Waals surface area contributed by atoms with Gasteiger partial charge >= 0.3 is 0 Å². The minimum Gasteiger partial charge on any atom is -0.384 e. The SMILES string of the molecule is Cc1ccccc1C(O)c1cc(Cl)cc2c1NC(=O)CC2. The van der Waals surface area contributed by atoms with E-state index in [9.17, 15) is 9.90 Å². The summed E-state index contributed by atoms with van der Waals surface area (Å²) in [7, 11) is 0. The average Bonchev–Trinajstić information content (AvgIpc) is 2.47. The molecular formula is C17H16ClNO2. The van der Waals surface area contributed by atoms with Crippen molar-refractivity contribution in [1.29, 1.82) is 0 Å². The quantitative estimate of drug-likeness (QED) is 0.890. The number of fused-ring (bicyclic) bond motifs is 1. The van der Waals surface area contributed by atoms with Gasteiger partial charge in [-0.1, -0.05) is 35.9 Å². The lowest BCUT2D eigenvalue weighted by Gasteiger charge is -2.24. The molecule has 1 aliphatic heterocycles. The minimum atomic E-state index is -0.808. The highest BCUT2D eigenvalue weighted by atomic mass is 35.5. The van der Waals surface area contributed by atoms with E-state index in [-0.39, 0.29) is 5.91 Å². The molecule has 0 spiro atoms. The fourth-order valence-electron chi connectivity index (χ4n) is 2.76. The van der Waals surface area contributed by atoms with Gasteiger partial charge < -0.3 is 10.4 Å². The van der Waals surface area contributed by atoms with Gasteiger partial charge in [0, 0.05) is 17.0 Å². The first-order chi connectivity index (χ1) is 10.1. The largest absolute Gasteiger partial charge is 0.384 e. The van der Waals surface area contributed by atoms with E-state index < -0.39 is 6.10 Å². The molecule has 1 unspecified atom stereocenters. The summed E-state index contributed by atoms with van der Waals surface area (Å²) < 4.78 is 0. The second-order valence-corrected chi connectivity index (χ2v) is 5.77. The Kier molecular flexibility index (Phi) is 3.70. The van der Waals surface area contributed by atoms with Crippen LogP contribution in [-0.4, -0.2) is 11.0 Å². The smallest absolute Gasteiger partial charge is 0.224 e. The van der Waals surface area contributed by atoms with Crippen LogP contribution in [0.1, 0.15) is 34.8 Å². The van der Waals surface area contributed by atoms with Crippen molar-refractivity contribution < 1.29 is 9.90 Å². The number of anilines is 1. The zero-order valence-electron chi connectivity index (χ0n) is 11.7. The molecule has 0 radical (unpaired) electrons. The van der Waals surface area contributed by atoms with Crippen LogP contribution in [0.3, 0.4) is 0 Å². The van der Waals surface area contributed by atoms with Gasteiger partial charge in [0.2, 0.25) is 5.91 Å². The molecule has 2 N–H and O–H groups in total. The Bertz CT molecular complexity index is 712. The van der Waals surface area contributed by atoms with Crippen LogP contribution in [0.2, 0.25) is 5.02 Å². The molecule has 1 amide bonds. The van der Waals surface area contributed by atoms with Gasteiger partial charge in [-0.15, -0.1) is 0 Å². The van der Waals surface area contributed by atoms with Crippen molar-refractivity contribution in [3.8, 4) is 0 Å². The van der Waals surface area contributed by atoms with E-state index in [4.69, 9.17) is 11.6 Å². The Labute approximate surface area is 128 Å². The van der Waals surface area contributed by atoms with Gasteiger partial charge in [-0.2, -0.15) is 0 Å². The summed E-state index contributed by atoms with van der Waals surface area (Å²) in [5, 5.41) is 14.2. The molecule has 0 fully saturated rings. The van der Waals surface area contributed by atoms with Crippen LogP contribution in [0.4, 0.5) is 5.69 Å². The van der Waals surface area contributed by atoms with Gasteiger partial charge in [-0.25, -0.2) is 0 Å². The molecule has 0 aliphatic carbocycles. The zero-order chi connectivity index (χ0) is 15.0. The van der Waals surface area contributed by atoms with E-state index in [1.807, 2.05) is 37.3 Å². The third-order valence-electron chi connectivity index (χ3n) is 3.88. The number of hydrogen-bond acceptors (Lipinski definition) is 2. The maximum absolute atomic E-state index is 11.7. The molecule has 0 saturated carbocycles. The van der Waals surface area contributed by atoms with Crippen LogP contribution < -0.4 is 5.32 Å². The summed E-state index contributed by atoms with van der Waals surface area (Å²) in [5.41, 5.74) is 4.15. The second-order valence-electron chi connectivity index (χ2n) is 5.34. The maximum atomic E-state index is 11.7. The Morgan fingerprint density at radius 3 is 2.71 bits per heavy atom. The van der Waals surface area contributed by atoms with E-state index in [2.05, 4.69) is 5.32 Å². The normalized spacial score (nSPS) is 15.3. The van der Waals surface area contributed by atoms with Crippen LogP contribution in [0.25, 0.3) is 0 Å². The van der Waals surface area contributed by atoms with Gasteiger partial charge in [0.25, 0.3) is 0 Å². The van der Waals surface area contributed by atoms with E-state index in [0.29, 0.717) is 29.1 Å². The standard InChI is InChI=1S/C17H16ClNO2/c1-10-4-2-3-5-13(10)17(21)14-9-12(18)8-11-6-7-15(20)19-16(11)14/h2-5,8-9,17,21H,6-7H2,1H3,(H,19,20). The number of aliphatic hydroxyl groups is 1. The monoisotopic (exact) mass is 301 g/mol. The van der Waals surface area contributed by atoms with Gasteiger partial charge in [0.05, 0.1) is 5.69 Å². The summed E-state index contributed by atoms with van der Waals surface area (Å²) in [4.78, 5) is 11.7. The summed E-state index contributed by atoms with van der Waals surface area (Å²) in [6.07, 6.45) is 0.291.